The fraction of sp³-hybridized carbons (Fsp3) is 0.400. The molecule has 86 valence electrons. The SMILES string of the molecule is CC(=O)[O][Hg][c]1s[c]([Hg][O]C(C)=O)c(C)c1C. The Morgan fingerprint density at radius 3 is 1.59 bits per heavy atom. The van der Waals surface area contributed by atoms with Gasteiger partial charge in [-0.1, -0.05) is 0 Å². The van der Waals surface area contributed by atoms with E-state index >= 15 is 0 Å². The van der Waals surface area contributed by atoms with Crippen molar-refractivity contribution in [1.82, 2.24) is 0 Å². The Morgan fingerprint density at radius 2 is 1.29 bits per heavy atom. The molecule has 0 aliphatic heterocycles. The van der Waals surface area contributed by atoms with Crippen LogP contribution in [0.2, 0.25) is 0 Å². The number of thiophene rings is 1. The molecule has 0 radical (unpaired) electrons. The standard InChI is InChI=1S/C6H6S.2C2H4O2.2Hg/c1-5-3-7-4-6(5)2;2*1-2(3)4;;/h1-2H3;2*1H3,(H,3,4);;/q;;;2*+1/p-2. The van der Waals surface area contributed by atoms with Gasteiger partial charge in [-0.2, -0.15) is 0 Å². The van der Waals surface area contributed by atoms with Crippen molar-refractivity contribution >= 4 is 28.0 Å². The van der Waals surface area contributed by atoms with Crippen LogP contribution in [-0.2, 0) is 64.9 Å². The van der Waals surface area contributed by atoms with Gasteiger partial charge in [0.1, 0.15) is 0 Å². The molecule has 1 heterocycles. The molecule has 4 nitrogen and oxygen atoms in total. The summed E-state index contributed by atoms with van der Waals surface area (Å²) < 4.78 is 13.0. The van der Waals surface area contributed by atoms with E-state index in [1.54, 1.807) is 11.3 Å². The number of carbonyl (C=O) groups excluding carboxylic acids is 2. The minimum absolute atomic E-state index is 0.178. The van der Waals surface area contributed by atoms with Crippen LogP contribution in [0.3, 0.4) is 0 Å². The Kier molecular flexibility index (Phi) is 6.58. The molecule has 17 heavy (non-hydrogen) atoms. The summed E-state index contributed by atoms with van der Waals surface area (Å²) in [5, 5.41) is 0. The summed E-state index contributed by atoms with van der Waals surface area (Å²) in [6.07, 6.45) is 0. The molecule has 1 rings (SSSR count). The van der Waals surface area contributed by atoms with Crippen LogP contribution in [0, 0.1) is 13.8 Å². The monoisotopic (exact) mass is 632 g/mol. The van der Waals surface area contributed by atoms with Gasteiger partial charge in [0.05, 0.1) is 0 Å². The van der Waals surface area contributed by atoms with Crippen molar-refractivity contribution in [3.8, 4) is 0 Å². The van der Waals surface area contributed by atoms with Gasteiger partial charge in [-0.3, -0.25) is 0 Å². The molecular formula is C10H12Hg2O4S. The first-order chi connectivity index (χ1) is 7.91. The van der Waals surface area contributed by atoms with Gasteiger partial charge in [0.25, 0.3) is 0 Å². The Morgan fingerprint density at radius 1 is 0.941 bits per heavy atom. The molecule has 0 atom stereocenters. The molecular weight excluding hydrogens is 617 g/mol. The second-order valence-electron chi connectivity index (χ2n) is 3.76. The first-order valence-corrected chi connectivity index (χ1v) is 16.1. The summed E-state index contributed by atoms with van der Waals surface area (Å²) in [6, 6.07) is 0. The molecule has 1 aromatic rings. The van der Waals surface area contributed by atoms with E-state index in [1.807, 2.05) is 0 Å². The van der Waals surface area contributed by atoms with Crippen molar-refractivity contribution in [1.29, 1.82) is 0 Å². The zero-order valence-electron chi connectivity index (χ0n) is 10.5. The van der Waals surface area contributed by atoms with Gasteiger partial charge in [0.15, 0.2) is 0 Å². The normalized spacial score (nSPS) is 9.18. The average Bonchev–Trinajstić information content (AvgIpc) is 2.51. The van der Waals surface area contributed by atoms with Crippen molar-refractivity contribution in [2.45, 2.75) is 27.7 Å². The molecule has 0 fully saturated rings. The van der Waals surface area contributed by atoms with Gasteiger partial charge in [-0.15, -0.1) is 0 Å². The Bertz CT molecular complexity index is 403. The molecule has 1 aromatic heterocycles. The van der Waals surface area contributed by atoms with Crippen LogP contribution < -0.4 is 4.77 Å². The van der Waals surface area contributed by atoms with Crippen LogP contribution in [0.1, 0.15) is 25.0 Å². The third-order valence-corrected chi connectivity index (χ3v) is 19.4. The van der Waals surface area contributed by atoms with E-state index in [4.69, 9.17) is 5.29 Å². The molecule has 0 aliphatic carbocycles. The van der Waals surface area contributed by atoms with Crippen LogP contribution in [0.15, 0.2) is 0 Å². The first-order valence-electron chi connectivity index (χ1n) is 5.26. The maximum absolute atomic E-state index is 10.8. The molecule has 7 heteroatoms. The number of hydrogen-bond donors (Lipinski definition) is 0. The Balaban J connectivity index is 2.76. The fourth-order valence-corrected chi connectivity index (χ4v) is 24.4. The van der Waals surface area contributed by atoms with Gasteiger partial charge >= 0.3 is 132 Å². The van der Waals surface area contributed by atoms with Gasteiger partial charge < -0.3 is 0 Å². The van der Waals surface area contributed by atoms with Gasteiger partial charge in [-0.25, -0.2) is 0 Å². The molecule has 0 aromatic carbocycles. The van der Waals surface area contributed by atoms with Crippen molar-refractivity contribution < 1.29 is 64.9 Å². The van der Waals surface area contributed by atoms with E-state index in [0.29, 0.717) is 0 Å². The van der Waals surface area contributed by atoms with E-state index < -0.39 is 50.1 Å². The first kappa shape index (κ1) is 15.6. The summed E-state index contributed by atoms with van der Waals surface area (Å²) >= 11 is -1.75. The van der Waals surface area contributed by atoms with Crippen molar-refractivity contribution in [2.24, 2.45) is 0 Å². The Labute approximate surface area is 130 Å². The van der Waals surface area contributed by atoms with Gasteiger partial charge in [0.2, 0.25) is 0 Å². The molecule has 0 unspecified atom stereocenters. The summed E-state index contributed by atoms with van der Waals surface area (Å²) in [5.41, 5.74) is 2.50. The third kappa shape index (κ3) is 4.95. The summed E-state index contributed by atoms with van der Waals surface area (Å²) in [6.45, 7) is 7.04. The zero-order valence-corrected chi connectivity index (χ0v) is 22.3. The van der Waals surface area contributed by atoms with E-state index in [1.165, 1.54) is 29.7 Å². The fourth-order valence-electron chi connectivity index (χ4n) is 1.33. The van der Waals surface area contributed by atoms with Crippen molar-refractivity contribution in [3.63, 3.8) is 0 Å². The van der Waals surface area contributed by atoms with Crippen LogP contribution in [0.5, 0.6) is 0 Å². The van der Waals surface area contributed by atoms with Gasteiger partial charge in [0, 0.05) is 0 Å². The number of carbonyl (C=O) groups is 2. The van der Waals surface area contributed by atoms with Crippen LogP contribution in [0.4, 0.5) is 0 Å². The maximum atomic E-state index is 10.8. The minimum atomic E-state index is -1.73. The topological polar surface area (TPSA) is 52.6 Å². The van der Waals surface area contributed by atoms with Crippen molar-refractivity contribution in [2.75, 3.05) is 0 Å². The molecule has 0 bridgehead atoms. The second-order valence-corrected chi connectivity index (χ2v) is 18.9. The molecule has 0 N–H and O–H groups in total. The molecule has 0 spiro atoms. The average molecular weight is 629 g/mol. The van der Waals surface area contributed by atoms with Crippen LogP contribution in [0.25, 0.3) is 0 Å². The summed E-state index contributed by atoms with van der Waals surface area (Å²) in [7, 11) is 0. The molecule has 0 saturated heterocycles. The predicted octanol–water partition coefficient (Wildman–Crippen LogP) is 0.737. The van der Waals surface area contributed by atoms with Crippen molar-refractivity contribution in [3.05, 3.63) is 11.1 Å². The summed E-state index contributed by atoms with van der Waals surface area (Å²) in [5.74, 6) is -0.355. The molecule has 0 aliphatic rings. The van der Waals surface area contributed by atoms with Gasteiger partial charge in [-0.05, 0) is 0 Å². The predicted molar refractivity (Wildman–Crippen MR) is 56.6 cm³/mol. The number of hydrogen-bond acceptors (Lipinski definition) is 5. The second kappa shape index (κ2) is 7.19. The van der Waals surface area contributed by atoms with E-state index in [-0.39, 0.29) is 11.9 Å². The molecule has 0 saturated carbocycles. The van der Waals surface area contributed by atoms with E-state index in [9.17, 15) is 9.59 Å². The quantitative estimate of drug-likeness (QED) is 0.462. The van der Waals surface area contributed by atoms with E-state index in [0.717, 1.165) is 0 Å². The Hall–Kier alpha value is 0.510. The third-order valence-electron chi connectivity index (χ3n) is 2.46. The zero-order chi connectivity index (χ0) is 13.0. The number of rotatable bonds is 4. The van der Waals surface area contributed by atoms with Crippen LogP contribution >= 0.6 is 11.3 Å². The van der Waals surface area contributed by atoms with E-state index in [2.05, 4.69) is 13.8 Å². The molecule has 0 amide bonds. The van der Waals surface area contributed by atoms with Crippen LogP contribution in [-0.4, -0.2) is 11.9 Å². The summed E-state index contributed by atoms with van der Waals surface area (Å²) in [4.78, 5) is 21.6.